The maximum atomic E-state index is 12.4. The van der Waals surface area contributed by atoms with E-state index >= 15 is 0 Å². The highest BCUT2D eigenvalue weighted by Crippen LogP contribution is 2.06. The fourth-order valence-electron chi connectivity index (χ4n) is 2.15. The molecule has 0 fully saturated rings. The van der Waals surface area contributed by atoms with E-state index in [0.29, 0.717) is 31.8 Å². The molecule has 1 N–H and O–H groups in total. The van der Waals surface area contributed by atoms with Crippen molar-refractivity contribution in [2.45, 2.75) is 13.1 Å². The molecule has 1 heterocycles. The molecule has 0 aliphatic heterocycles. The Bertz CT molecular complexity index is 680. The number of nitrogens with zero attached hydrogens (tertiary/aromatic N) is 3. The highest BCUT2D eigenvalue weighted by Gasteiger charge is 2.13. The summed E-state index contributed by atoms with van der Waals surface area (Å²) in [7, 11) is 1.61. The minimum absolute atomic E-state index is 0.166. The fourth-order valence-corrected chi connectivity index (χ4v) is 2.15. The number of ether oxygens (including phenoxy) is 1. The van der Waals surface area contributed by atoms with Crippen LogP contribution in [0.25, 0.3) is 0 Å². The quantitative estimate of drug-likeness (QED) is 0.848. The Morgan fingerprint density at radius 3 is 2.71 bits per heavy atom. The summed E-state index contributed by atoms with van der Waals surface area (Å²) in [5, 5.41) is 11.7. The van der Waals surface area contributed by atoms with Gasteiger partial charge in [-0.25, -0.2) is 4.79 Å². The van der Waals surface area contributed by atoms with Crippen molar-refractivity contribution < 1.29 is 9.53 Å². The summed E-state index contributed by atoms with van der Waals surface area (Å²) in [5.41, 5.74) is 2.50. The Balaban J connectivity index is 1.94. The fraction of sp³-hybridized carbons (Fsp3) is 0.278. The number of urea groups is 1. The number of aromatic nitrogens is 1. The zero-order valence-corrected chi connectivity index (χ0v) is 13.6. The monoisotopic (exact) mass is 324 g/mol. The second-order valence-electron chi connectivity index (χ2n) is 5.24. The maximum Gasteiger partial charge on any atom is 0.318 e. The Morgan fingerprint density at radius 1 is 1.29 bits per heavy atom. The smallest absolute Gasteiger partial charge is 0.318 e. The van der Waals surface area contributed by atoms with Crippen molar-refractivity contribution in [1.29, 1.82) is 5.26 Å². The van der Waals surface area contributed by atoms with Gasteiger partial charge in [0, 0.05) is 39.1 Å². The van der Waals surface area contributed by atoms with Crippen molar-refractivity contribution >= 4 is 6.03 Å². The van der Waals surface area contributed by atoms with Crippen LogP contribution >= 0.6 is 0 Å². The molecule has 0 saturated carbocycles. The standard InChI is InChI=1S/C18H20N4O2/c1-24-10-9-22(14-17-3-2-8-20-12-17)18(23)21-13-16-6-4-15(11-19)5-7-16/h2-8,12H,9-10,13-14H2,1H3,(H,21,23). The van der Waals surface area contributed by atoms with Gasteiger partial charge in [-0.1, -0.05) is 18.2 Å². The molecule has 6 heteroatoms. The number of amides is 2. The molecule has 1 aromatic carbocycles. The summed E-state index contributed by atoms with van der Waals surface area (Å²) >= 11 is 0. The summed E-state index contributed by atoms with van der Waals surface area (Å²) in [6, 6.07) is 12.8. The lowest BCUT2D eigenvalue weighted by molar-refractivity contribution is 0.146. The zero-order chi connectivity index (χ0) is 17.2. The van der Waals surface area contributed by atoms with Gasteiger partial charge < -0.3 is 15.0 Å². The van der Waals surface area contributed by atoms with Crippen LogP contribution in [-0.2, 0) is 17.8 Å². The van der Waals surface area contributed by atoms with E-state index in [2.05, 4.69) is 16.4 Å². The zero-order valence-electron chi connectivity index (χ0n) is 13.6. The summed E-state index contributed by atoms with van der Waals surface area (Å²) in [4.78, 5) is 18.2. The van der Waals surface area contributed by atoms with E-state index in [4.69, 9.17) is 10.00 Å². The van der Waals surface area contributed by atoms with Gasteiger partial charge in [0.2, 0.25) is 0 Å². The molecule has 2 rings (SSSR count). The first-order valence-electron chi connectivity index (χ1n) is 7.62. The van der Waals surface area contributed by atoms with E-state index in [9.17, 15) is 4.79 Å². The van der Waals surface area contributed by atoms with Crippen LogP contribution in [0.15, 0.2) is 48.8 Å². The van der Waals surface area contributed by atoms with E-state index in [0.717, 1.165) is 11.1 Å². The van der Waals surface area contributed by atoms with Gasteiger partial charge in [-0.2, -0.15) is 5.26 Å². The molecule has 24 heavy (non-hydrogen) atoms. The molecule has 1 aromatic heterocycles. The molecule has 0 aliphatic rings. The molecule has 124 valence electrons. The maximum absolute atomic E-state index is 12.4. The SMILES string of the molecule is COCCN(Cc1cccnc1)C(=O)NCc1ccc(C#N)cc1. The van der Waals surface area contributed by atoms with Crippen LogP contribution in [0.1, 0.15) is 16.7 Å². The van der Waals surface area contributed by atoms with Gasteiger partial charge in [0.05, 0.1) is 18.2 Å². The first-order chi connectivity index (χ1) is 11.7. The van der Waals surface area contributed by atoms with E-state index < -0.39 is 0 Å². The molecule has 6 nitrogen and oxygen atoms in total. The average molecular weight is 324 g/mol. The van der Waals surface area contributed by atoms with Crippen molar-refractivity contribution in [2.24, 2.45) is 0 Å². The van der Waals surface area contributed by atoms with Crippen molar-refractivity contribution in [2.75, 3.05) is 20.3 Å². The Morgan fingerprint density at radius 2 is 2.08 bits per heavy atom. The number of pyridine rings is 1. The van der Waals surface area contributed by atoms with Gasteiger partial charge in [-0.15, -0.1) is 0 Å². The summed E-state index contributed by atoms with van der Waals surface area (Å²) in [6.45, 7) is 1.83. The molecule has 0 radical (unpaired) electrons. The lowest BCUT2D eigenvalue weighted by Gasteiger charge is -2.23. The third-order valence-electron chi connectivity index (χ3n) is 3.48. The number of nitrogens with one attached hydrogen (secondary N) is 1. The van der Waals surface area contributed by atoms with Crippen molar-refractivity contribution in [1.82, 2.24) is 15.2 Å². The second-order valence-corrected chi connectivity index (χ2v) is 5.24. The number of hydrogen-bond acceptors (Lipinski definition) is 4. The van der Waals surface area contributed by atoms with Gasteiger partial charge in [0.1, 0.15) is 0 Å². The highest BCUT2D eigenvalue weighted by molar-refractivity contribution is 5.74. The lowest BCUT2D eigenvalue weighted by atomic mass is 10.1. The predicted molar refractivity (Wildman–Crippen MR) is 89.9 cm³/mol. The van der Waals surface area contributed by atoms with Gasteiger partial charge in [-0.05, 0) is 29.3 Å². The molecule has 0 unspecified atom stereocenters. The Labute approximate surface area is 141 Å². The minimum Gasteiger partial charge on any atom is -0.383 e. The molecular weight excluding hydrogens is 304 g/mol. The molecule has 2 aromatic rings. The van der Waals surface area contributed by atoms with Crippen molar-refractivity contribution in [3.05, 3.63) is 65.5 Å². The Kier molecular flexibility index (Phi) is 6.74. The number of nitriles is 1. The molecule has 0 saturated heterocycles. The van der Waals surface area contributed by atoms with Gasteiger partial charge in [0.15, 0.2) is 0 Å². The number of carbonyl (C=O) groups excluding carboxylic acids is 1. The number of benzene rings is 1. The minimum atomic E-state index is -0.166. The van der Waals surface area contributed by atoms with Crippen molar-refractivity contribution in [3.63, 3.8) is 0 Å². The van der Waals surface area contributed by atoms with E-state index in [-0.39, 0.29) is 6.03 Å². The van der Waals surface area contributed by atoms with Crippen molar-refractivity contribution in [3.8, 4) is 6.07 Å². The van der Waals surface area contributed by atoms with Crippen LogP contribution in [0.3, 0.4) is 0 Å². The van der Waals surface area contributed by atoms with Crippen LogP contribution in [0.2, 0.25) is 0 Å². The number of hydrogen-bond donors (Lipinski definition) is 1. The normalized spacial score (nSPS) is 10.0. The predicted octanol–water partition coefficient (Wildman–Crippen LogP) is 2.31. The molecule has 0 bridgehead atoms. The van der Waals surface area contributed by atoms with E-state index in [1.54, 1.807) is 36.5 Å². The van der Waals surface area contributed by atoms with Gasteiger partial charge in [0.25, 0.3) is 0 Å². The van der Waals surface area contributed by atoms with E-state index in [1.165, 1.54) is 0 Å². The molecule has 2 amide bonds. The van der Waals surface area contributed by atoms with Gasteiger partial charge in [-0.3, -0.25) is 4.98 Å². The van der Waals surface area contributed by atoms with E-state index in [1.807, 2.05) is 24.3 Å². The molecule has 0 spiro atoms. The number of carbonyl (C=O) groups is 1. The van der Waals surface area contributed by atoms with Gasteiger partial charge >= 0.3 is 6.03 Å². The average Bonchev–Trinajstić information content (AvgIpc) is 2.64. The van der Waals surface area contributed by atoms with Crippen LogP contribution in [0.5, 0.6) is 0 Å². The summed E-state index contributed by atoms with van der Waals surface area (Å²) in [5.74, 6) is 0. The van der Waals surface area contributed by atoms with Crippen LogP contribution in [-0.4, -0.2) is 36.2 Å². The summed E-state index contributed by atoms with van der Waals surface area (Å²) in [6.07, 6.45) is 3.45. The lowest BCUT2D eigenvalue weighted by Crippen LogP contribution is -2.40. The van der Waals surface area contributed by atoms with Crippen LogP contribution < -0.4 is 5.32 Å². The first kappa shape index (κ1) is 17.4. The third-order valence-corrected chi connectivity index (χ3v) is 3.48. The molecular formula is C18H20N4O2. The number of methoxy groups -OCH3 is 1. The van der Waals surface area contributed by atoms with Crippen LogP contribution in [0, 0.1) is 11.3 Å². The topological polar surface area (TPSA) is 78.2 Å². The largest absolute Gasteiger partial charge is 0.383 e. The molecule has 0 aliphatic carbocycles. The second kappa shape index (κ2) is 9.28. The van der Waals surface area contributed by atoms with Crippen LogP contribution in [0.4, 0.5) is 4.79 Å². The third kappa shape index (κ3) is 5.38. The first-order valence-corrected chi connectivity index (χ1v) is 7.62. The summed E-state index contributed by atoms with van der Waals surface area (Å²) < 4.78 is 5.08. The Hall–Kier alpha value is -2.91. The molecule has 0 atom stereocenters. The highest BCUT2D eigenvalue weighted by atomic mass is 16.5. The number of rotatable bonds is 7.